The maximum Gasteiger partial charge on any atom is 0.269 e. The van der Waals surface area contributed by atoms with Gasteiger partial charge in [-0.15, -0.1) is 0 Å². The monoisotopic (exact) mass is 430 g/mol. The van der Waals surface area contributed by atoms with Crippen molar-refractivity contribution >= 4 is 34.6 Å². The molecule has 2 N–H and O–H groups in total. The smallest absolute Gasteiger partial charge is 0.269 e. The first-order valence-electron chi connectivity index (χ1n) is 9.04. The highest BCUT2D eigenvalue weighted by Gasteiger charge is 2.19. The van der Waals surface area contributed by atoms with E-state index >= 15 is 0 Å². The predicted molar refractivity (Wildman–Crippen MR) is 117 cm³/mol. The second-order valence-electron chi connectivity index (χ2n) is 6.84. The second-order valence-corrected chi connectivity index (χ2v) is 7.65. The maximum absolute atomic E-state index is 10.9. The van der Waals surface area contributed by atoms with Crippen molar-refractivity contribution in [2.24, 2.45) is 0 Å². The van der Waals surface area contributed by atoms with Crippen LogP contribution in [0.5, 0.6) is 0 Å². The molecular weight excluding hydrogens is 411 g/mol. The van der Waals surface area contributed by atoms with Crippen LogP contribution in [0.2, 0.25) is 10.0 Å². The van der Waals surface area contributed by atoms with E-state index in [0.29, 0.717) is 22.2 Å². The molecule has 5 nitrogen and oxygen atoms in total. The van der Waals surface area contributed by atoms with Gasteiger partial charge in [-0.25, -0.2) is 0 Å². The largest absolute Gasteiger partial charge is 0.388 e. The van der Waals surface area contributed by atoms with Crippen LogP contribution in [-0.4, -0.2) is 10.0 Å². The number of hydrogen-bond donors (Lipinski definition) is 2. The minimum Gasteiger partial charge on any atom is -0.388 e. The van der Waals surface area contributed by atoms with Crippen molar-refractivity contribution in [2.45, 2.75) is 25.5 Å². The van der Waals surface area contributed by atoms with Gasteiger partial charge in [0.25, 0.3) is 5.69 Å². The van der Waals surface area contributed by atoms with Gasteiger partial charge in [0.2, 0.25) is 0 Å². The summed E-state index contributed by atoms with van der Waals surface area (Å²) in [7, 11) is 0. The van der Waals surface area contributed by atoms with Crippen LogP contribution in [0.25, 0.3) is 0 Å². The summed E-state index contributed by atoms with van der Waals surface area (Å²) in [4.78, 5) is 10.4. The number of aliphatic hydroxyl groups excluding tert-OH is 1. The van der Waals surface area contributed by atoms with Crippen molar-refractivity contribution in [1.29, 1.82) is 0 Å². The molecule has 150 valence electrons. The summed E-state index contributed by atoms with van der Waals surface area (Å²) in [6.45, 7) is 1.99. The van der Waals surface area contributed by atoms with Gasteiger partial charge in [0.15, 0.2) is 0 Å². The SMILES string of the molecule is Cc1ccc(C(O)CC(Nc2ccc([N+](=O)[O-])cc2)c2ccc(Cl)c(Cl)c2)cc1. The zero-order valence-electron chi connectivity index (χ0n) is 15.7. The molecular formula is C22H20Cl2N2O3. The standard InChI is InChI=1S/C22H20Cl2N2O3/c1-14-2-4-15(5-3-14)22(27)13-21(16-6-11-19(23)20(24)12-16)25-17-7-9-18(10-8-17)26(28)29/h2-12,21-22,25,27H,13H2,1H3. The minimum absolute atomic E-state index is 0.0151. The molecule has 0 aromatic heterocycles. The van der Waals surface area contributed by atoms with E-state index in [2.05, 4.69) is 5.32 Å². The number of nitrogens with zero attached hydrogens (tertiary/aromatic N) is 1. The van der Waals surface area contributed by atoms with Crippen LogP contribution >= 0.6 is 23.2 Å². The Kier molecular flexibility index (Phi) is 6.75. The molecule has 0 saturated carbocycles. The Balaban J connectivity index is 1.87. The molecule has 29 heavy (non-hydrogen) atoms. The molecule has 3 rings (SSSR count). The number of hydrogen-bond acceptors (Lipinski definition) is 4. The first-order valence-corrected chi connectivity index (χ1v) is 9.79. The molecule has 2 atom stereocenters. The molecule has 7 heteroatoms. The van der Waals surface area contributed by atoms with Crippen LogP contribution in [0.1, 0.15) is 35.3 Å². The van der Waals surface area contributed by atoms with E-state index < -0.39 is 11.0 Å². The average molecular weight is 431 g/mol. The lowest BCUT2D eigenvalue weighted by Crippen LogP contribution is -2.15. The molecule has 0 fully saturated rings. The van der Waals surface area contributed by atoms with Crippen LogP contribution in [0, 0.1) is 17.0 Å². The summed E-state index contributed by atoms with van der Waals surface area (Å²) in [5.41, 5.74) is 3.49. The molecule has 3 aromatic rings. The molecule has 0 aliphatic heterocycles. The summed E-state index contributed by atoms with van der Waals surface area (Å²) in [6, 6.07) is 18.9. The summed E-state index contributed by atoms with van der Waals surface area (Å²) in [6.07, 6.45) is -0.335. The predicted octanol–water partition coefficient (Wildman–Crippen LogP) is 6.49. The van der Waals surface area contributed by atoms with Gasteiger partial charge in [-0.3, -0.25) is 10.1 Å². The van der Waals surface area contributed by atoms with Crippen LogP contribution < -0.4 is 5.32 Å². The molecule has 0 radical (unpaired) electrons. The van der Waals surface area contributed by atoms with Crippen LogP contribution in [-0.2, 0) is 0 Å². The van der Waals surface area contributed by atoms with Gasteiger partial charge in [-0.05, 0) is 42.3 Å². The lowest BCUT2D eigenvalue weighted by atomic mass is 9.96. The quantitative estimate of drug-likeness (QED) is 0.331. The molecule has 0 spiro atoms. The molecule has 0 aliphatic carbocycles. The minimum atomic E-state index is -0.708. The fourth-order valence-corrected chi connectivity index (χ4v) is 3.34. The Hall–Kier alpha value is -2.60. The number of aryl methyl sites for hydroxylation is 1. The zero-order valence-corrected chi connectivity index (χ0v) is 17.2. The van der Waals surface area contributed by atoms with E-state index in [0.717, 1.165) is 16.7 Å². The zero-order chi connectivity index (χ0) is 21.0. The van der Waals surface area contributed by atoms with E-state index in [1.807, 2.05) is 37.3 Å². The molecule has 0 heterocycles. The summed E-state index contributed by atoms with van der Waals surface area (Å²) >= 11 is 12.2. The Bertz CT molecular complexity index is 992. The van der Waals surface area contributed by atoms with Gasteiger partial charge in [0.05, 0.1) is 27.1 Å². The van der Waals surface area contributed by atoms with Crippen molar-refractivity contribution in [2.75, 3.05) is 5.32 Å². The first kappa shape index (κ1) is 21.1. The third-order valence-corrected chi connectivity index (χ3v) is 5.43. The highest BCUT2D eigenvalue weighted by molar-refractivity contribution is 6.42. The summed E-state index contributed by atoms with van der Waals surface area (Å²) in [5, 5.41) is 25.9. The second kappa shape index (κ2) is 9.27. The number of non-ortho nitro benzene ring substituents is 1. The lowest BCUT2D eigenvalue weighted by molar-refractivity contribution is -0.384. The number of nitro benzene ring substituents is 1. The van der Waals surface area contributed by atoms with Crippen molar-refractivity contribution in [1.82, 2.24) is 0 Å². The lowest BCUT2D eigenvalue weighted by Gasteiger charge is -2.24. The Morgan fingerprint density at radius 1 is 0.966 bits per heavy atom. The van der Waals surface area contributed by atoms with E-state index in [-0.39, 0.29) is 11.7 Å². The summed E-state index contributed by atoms with van der Waals surface area (Å²) < 4.78 is 0. The van der Waals surface area contributed by atoms with E-state index in [4.69, 9.17) is 23.2 Å². The van der Waals surface area contributed by atoms with Gasteiger partial charge >= 0.3 is 0 Å². The van der Waals surface area contributed by atoms with Gasteiger partial charge in [-0.1, -0.05) is 59.1 Å². The molecule has 0 bridgehead atoms. The fourth-order valence-electron chi connectivity index (χ4n) is 3.04. The number of aliphatic hydroxyl groups is 1. The van der Waals surface area contributed by atoms with Crippen LogP contribution in [0.4, 0.5) is 11.4 Å². The van der Waals surface area contributed by atoms with Gasteiger partial charge in [0.1, 0.15) is 0 Å². The van der Waals surface area contributed by atoms with E-state index in [1.165, 1.54) is 12.1 Å². The first-order chi connectivity index (χ1) is 13.8. The Morgan fingerprint density at radius 3 is 2.17 bits per heavy atom. The van der Waals surface area contributed by atoms with Crippen LogP contribution in [0.3, 0.4) is 0 Å². The Morgan fingerprint density at radius 2 is 1.59 bits per heavy atom. The van der Waals surface area contributed by atoms with Crippen molar-refractivity contribution in [3.63, 3.8) is 0 Å². The number of halogens is 2. The molecule has 0 aliphatic rings. The average Bonchev–Trinajstić information content (AvgIpc) is 2.70. The number of anilines is 1. The molecule has 3 aromatic carbocycles. The third kappa shape index (κ3) is 5.48. The van der Waals surface area contributed by atoms with Crippen LogP contribution in [0.15, 0.2) is 66.7 Å². The Labute approximate surface area is 179 Å². The summed E-state index contributed by atoms with van der Waals surface area (Å²) in [5.74, 6) is 0. The molecule has 2 unspecified atom stereocenters. The van der Waals surface area contributed by atoms with Crippen molar-refractivity contribution in [3.05, 3.63) is 104 Å². The van der Waals surface area contributed by atoms with E-state index in [9.17, 15) is 15.2 Å². The van der Waals surface area contributed by atoms with Crippen molar-refractivity contribution < 1.29 is 10.0 Å². The topological polar surface area (TPSA) is 75.4 Å². The highest BCUT2D eigenvalue weighted by atomic mass is 35.5. The van der Waals surface area contributed by atoms with Gasteiger partial charge < -0.3 is 10.4 Å². The number of rotatable bonds is 7. The normalized spacial score (nSPS) is 13.0. The molecule has 0 saturated heterocycles. The number of nitrogens with one attached hydrogen (secondary N) is 1. The van der Waals surface area contributed by atoms with Gasteiger partial charge in [-0.2, -0.15) is 0 Å². The van der Waals surface area contributed by atoms with Crippen molar-refractivity contribution in [3.8, 4) is 0 Å². The number of nitro groups is 1. The number of benzene rings is 3. The maximum atomic E-state index is 10.9. The fraction of sp³-hybridized carbons (Fsp3) is 0.182. The van der Waals surface area contributed by atoms with Gasteiger partial charge in [0, 0.05) is 24.2 Å². The highest BCUT2D eigenvalue weighted by Crippen LogP contribution is 2.33. The third-order valence-electron chi connectivity index (χ3n) is 4.69. The molecule has 0 amide bonds. The van der Waals surface area contributed by atoms with E-state index in [1.54, 1.807) is 24.3 Å².